The van der Waals surface area contributed by atoms with Gasteiger partial charge in [0.25, 0.3) is 0 Å². The third kappa shape index (κ3) is 6.21. The van der Waals surface area contributed by atoms with Crippen molar-refractivity contribution in [2.75, 3.05) is 0 Å². The van der Waals surface area contributed by atoms with Gasteiger partial charge < -0.3 is 10.1 Å². The minimum absolute atomic E-state index is 0. The van der Waals surface area contributed by atoms with Crippen molar-refractivity contribution < 1.29 is 18.9 Å². The van der Waals surface area contributed by atoms with Gasteiger partial charge in [0, 0.05) is 6.54 Å². The molecule has 0 heterocycles. The molecule has 0 atom stereocenters. The zero-order valence-corrected chi connectivity index (χ0v) is 14.6. The maximum absolute atomic E-state index is 4.86. The van der Waals surface area contributed by atoms with Crippen LogP contribution in [0.25, 0.3) is 5.43 Å². The fraction of sp³-hybridized carbons (Fsp3) is 0.294. The first kappa shape index (κ1) is 18.2. The predicted octanol–water partition coefficient (Wildman–Crippen LogP) is 1.82. The van der Waals surface area contributed by atoms with E-state index in [4.69, 9.17) is 5.43 Å². The van der Waals surface area contributed by atoms with Gasteiger partial charge in [0.05, 0.1) is 0 Å². The van der Waals surface area contributed by atoms with Crippen molar-refractivity contribution >= 4 is 8.24 Å². The van der Waals surface area contributed by atoms with Gasteiger partial charge in [-0.15, -0.1) is 6.54 Å². The van der Waals surface area contributed by atoms with Gasteiger partial charge in [-0.05, 0) is 5.56 Å². The van der Waals surface area contributed by atoms with Crippen molar-refractivity contribution in [2.45, 2.75) is 32.7 Å². The predicted molar refractivity (Wildman–Crippen MR) is 88.8 cm³/mol. The van der Waals surface area contributed by atoms with E-state index in [1.165, 1.54) is 11.1 Å². The molecule has 2 aromatic rings. The van der Waals surface area contributed by atoms with E-state index in [0.29, 0.717) is 0 Å². The second-order valence-electron chi connectivity index (χ2n) is 6.00. The molecule has 0 aliphatic rings. The van der Waals surface area contributed by atoms with Gasteiger partial charge in [-0.2, -0.15) is 0 Å². The molecule has 0 saturated carbocycles. The fourth-order valence-corrected chi connectivity index (χ4v) is 3.16. The van der Waals surface area contributed by atoms with Crippen LogP contribution in [-0.4, -0.2) is 12.9 Å². The van der Waals surface area contributed by atoms with Crippen LogP contribution in [0.1, 0.15) is 11.1 Å². The average Bonchev–Trinajstić information content (AvgIpc) is 2.44. The summed E-state index contributed by atoms with van der Waals surface area (Å²) in [7, 11) is -1.46. The van der Waals surface area contributed by atoms with Gasteiger partial charge in [0.15, 0.2) is 0 Å². The molecule has 0 bridgehead atoms. The van der Waals surface area contributed by atoms with Crippen LogP contribution in [0.5, 0.6) is 0 Å². The summed E-state index contributed by atoms with van der Waals surface area (Å²) < 4.78 is 2.31. The second kappa shape index (κ2) is 8.58. The normalized spacial score (nSPS) is 11.2. The third-order valence-corrected chi connectivity index (χ3v) is 5.06. The van der Waals surface area contributed by atoms with Crippen molar-refractivity contribution in [1.29, 1.82) is 0 Å². The summed E-state index contributed by atoms with van der Waals surface area (Å²) in [6, 6.07) is 21.0. The summed E-state index contributed by atoms with van der Waals surface area (Å²) in [4.78, 5) is 0. The first-order valence-electron chi connectivity index (χ1n) is 7.08. The SMILES string of the molecule is C[Si](C)(C)N(Cc1ccccc1)[N-]Cc1ccccc1.[Li+]. The number of rotatable bonds is 6. The molecular formula is C17H23LiN2Si. The van der Waals surface area contributed by atoms with Crippen LogP contribution in [0.4, 0.5) is 0 Å². The van der Waals surface area contributed by atoms with E-state index in [2.05, 4.69) is 78.9 Å². The largest absolute Gasteiger partial charge is 1.00 e. The van der Waals surface area contributed by atoms with Crippen molar-refractivity contribution in [1.82, 2.24) is 4.67 Å². The van der Waals surface area contributed by atoms with Crippen molar-refractivity contribution in [2.24, 2.45) is 0 Å². The van der Waals surface area contributed by atoms with E-state index in [-0.39, 0.29) is 18.9 Å². The molecule has 0 N–H and O–H groups in total. The molecule has 0 fully saturated rings. The molecule has 0 amide bonds. The quantitative estimate of drug-likeness (QED) is 0.586. The van der Waals surface area contributed by atoms with E-state index in [1.54, 1.807) is 0 Å². The van der Waals surface area contributed by atoms with Crippen molar-refractivity contribution in [3.63, 3.8) is 0 Å². The Labute approximate surface area is 141 Å². The minimum atomic E-state index is -1.46. The number of benzene rings is 2. The van der Waals surface area contributed by atoms with Gasteiger partial charge in [0.2, 0.25) is 0 Å². The molecule has 2 aromatic carbocycles. The first-order chi connectivity index (χ1) is 9.55. The van der Waals surface area contributed by atoms with Crippen LogP contribution in [0.3, 0.4) is 0 Å². The Balaban J connectivity index is 0.00000220. The Kier molecular flexibility index (Phi) is 7.44. The Bertz CT molecular complexity index is 511. The van der Waals surface area contributed by atoms with E-state index in [9.17, 15) is 0 Å². The van der Waals surface area contributed by atoms with E-state index >= 15 is 0 Å². The van der Waals surface area contributed by atoms with Gasteiger partial charge in [0.1, 0.15) is 8.24 Å². The Morgan fingerprint density at radius 3 is 1.76 bits per heavy atom. The van der Waals surface area contributed by atoms with E-state index in [1.807, 2.05) is 6.07 Å². The molecular weight excluding hydrogens is 267 g/mol. The van der Waals surface area contributed by atoms with Crippen LogP contribution in [-0.2, 0) is 13.1 Å². The molecule has 0 aliphatic carbocycles. The van der Waals surface area contributed by atoms with Crippen LogP contribution in [0.2, 0.25) is 19.6 Å². The van der Waals surface area contributed by atoms with Crippen molar-refractivity contribution in [3.8, 4) is 0 Å². The van der Waals surface area contributed by atoms with Crippen LogP contribution in [0, 0.1) is 0 Å². The molecule has 0 saturated heterocycles. The summed E-state index contributed by atoms with van der Waals surface area (Å²) in [6.45, 7) is 8.68. The Morgan fingerprint density at radius 1 is 0.810 bits per heavy atom. The molecule has 0 unspecified atom stereocenters. The molecule has 2 nitrogen and oxygen atoms in total. The summed E-state index contributed by atoms with van der Waals surface area (Å²) in [6.07, 6.45) is 0. The molecule has 106 valence electrons. The summed E-state index contributed by atoms with van der Waals surface area (Å²) in [5.41, 5.74) is 7.45. The Hall–Kier alpha value is -0.826. The first-order valence-corrected chi connectivity index (χ1v) is 10.5. The molecule has 0 aliphatic heterocycles. The molecule has 0 spiro atoms. The van der Waals surface area contributed by atoms with Crippen molar-refractivity contribution in [3.05, 3.63) is 77.2 Å². The van der Waals surface area contributed by atoms with Gasteiger partial charge in [-0.3, -0.25) is 0 Å². The fourth-order valence-electron chi connectivity index (χ4n) is 2.01. The van der Waals surface area contributed by atoms with Crippen LogP contribution < -0.4 is 18.9 Å². The summed E-state index contributed by atoms with van der Waals surface area (Å²) >= 11 is 0. The maximum atomic E-state index is 4.86. The standard InChI is InChI=1S/C17H23N2Si.Li/c1-20(2,3)19(15-17-12-8-5-9-13-17)18-14-16-10-6-4-7-11-16;/h4-13H,14-15H2,1-3H3;/q-1;+1. The summed E-state index contributed by atoms with van der Waals surface area (Å²) in [5.74, 6) is 0. The smallest absolute Gasteiger partial charge is 0.598 e. The summed E-state index contributed by atoms with van der Waals surface area (Å²) in [5, 5.41) is 0. The Morgan fingerprint density at radius 2 is 1.29 bits per heavy atom. The molecule has 21 heavy (non-hydrogen) atoms. The van der Waals surface area contributed by atoms with Gasteiger partial charge in [-0.25, -0.2) is 0 Å². The zero-order chi connectivity index (χ0) is 14.4. The third-order valence-electron chi connectivity index (χ3n) is 3.22. The molecule has 0 radical (unpaired) electrons. The number of hydrogen-bond donors (Lipinski definition) is 0. The molecule has 2 rings (SSSR count). The van der Waals surface area contributed by atoms with Crippen LogP contribution in [0.15, 0.2) is 60.7 Å². The van der Waals surface area contributed by atoms with E-state index in [0.717, 1.165) is 13.1 Å². The second-order valence-corrected chi connectivity index (χ2v) is 10.9. The topological polar surface area (TPSA) is 17.3 Å². The minimum Gasteiger partial charge on any atom is -0.598 e. The zero-order valence-electron chi connectivity index (χ0n) is 13.6. The average molecular weight is 290 g/mol. The maximum Gasteiger partial charge on any atom is 1.00 e. The van der Waals surface area contributed by atoms with Crippen LogP contribution >= 0.6 is 0 Å². The van der Waals surface area contributed by atoms with E-state index < -0.39 is 8.24 Å². The number of hydrogen-bond acceptors (Lipinski definition) is 1. The molecule has 4 heteroatoms. The monoisotopic (exact) mass is 290 g/mol. The molecule has 0 aromatic heterocycles. The van der Waals surface area contributed by atoms with Gasteiger partial charge in [-0.1, -0.05) is 85.9 Å². The van der Waals surface area contributed by atoms with Gasteiger partial charge >= 0.3 is 18.9 Å². The number of nitrogens with zero attached hydrogens (tertiary/aromatic N) is 2.